The Morgan fingerprint density at radius 3 is 2.53 bits per heavy atom. The van der Waals surface area contributed by atoms with Crippen molar-refractivity contribution >= 4 is 39.6 Å². The minimum absolute atomic E-state index is 0.135. The lowest BCUT2D eigenvalue weighted by Gasteiger charge is -2.22. The number of hydrogen-bond donors (Lipinski definition) is 1. The van der Waals surface area contributed by atoms with Crippen molar-refractivity contribution in [3.8, 4) is 0 Å². The van der Waals surface area contributed by atoms with Crippen LogP contribution < -0.4 is 5.32 Å². The van der Waals surface area contributed by atoms with Gasteiger partial charge in [0.25, 0.3) is 0 Å². The Hall–Kier alpha value is -1.87. The number of amides is 1. The fraction of sp³-hybridized carbons (Fsp3) is 0.609. The first-order chi connectivity index (χ1) is 15.3. The highest BCUT2D eigenvalue weighted by Crippen LogP contribution is 2.39. The summed E-state index contributed by atoms with van der Waals surface area (Å²) in [6.07, 6.45) is 2.79. The smallest absolute Gasteiger partial charge is 0.410 e. The van der Waals surface area contributed by atoms with Crippen LogP contribution in [-0.4, -0.2) is 48.0 Å². The summed E-state index contributed by atoms with van der Waals surface area (Å²) in [6, 6.07) is 8.42. The molecule has 1 aliphatic rings. The van der Waals surface area contributed by atoms with E-state index in [1.54, 1.807) is 31.2 Å². The van der Waals surface area contributed by atoms with E-state index in [0.717, 1.165) is 19.3 Å². The molecule has 1 aliphatic heterocycles. The molecule has 1 fully saturated rings. The Morgan fingerprint density at radius 2 is 1.84 bits per heavy atom. The Morgan fingerprint density at radius 1 is 1.09 bits per heavy atom. The molecule has 0 radical (unpaired) electrons. The Labute approximate surface area is 198 Å². The highest BCUT2D eigenvalue weighted by Gasteiger charge is 2.21. The van der Waals surface area contributed by atoms with Gasteiger partial charge in [-0.2, -0.15) is 0 Å². The summed E-state index contributed by atoms with van der Waals surface area (Å²) in [5, 5.41) is 3.38. The number of benzene rings is 1. The molecule has 1 aromatic rings. The van der Waals surface area contributed by atoms with E-state index in [2.05, 4.69) is 5.32 Å². The van der Waals surface area contributed by atoms with Gasteiger partial charge in [-0.05, 0) is 38.3 Å². The van der Waals surface area contributed by atoms with Crippen molar-refractivity contribution in [2.24, 2.45) is 5.92 Å². The normalized spacial score (nSPS) is 18.3. The highest BCUT2D eigenvalue weighted by molar-refractivity contribution is 8.77. The van der Waals surface area contributed by atoms with Crippen LogP contribution >= 0.6 is 21.6 Å². The summed E-state index contributed by atoms with van der Waals surface area (Å²) in [7, 11) is 3.86. The van der Waals surface area contributed by atoms with Crippen molar-refractivity contribution in [1.82, 2.24) is 5.32 Å². The van der Waals surface area contributed by atoms with Crippen LogP contribution in [0.3, 0.4) is 0 Å². The van der Waals surface area contributed by atoms with E-state index >= 15 is 0 Å². The monoisotopic (exact) mass is 483 g/mol. The first-order valence-corrected chi connectivity index (χ1v) is 13.4. The zero-order chi connectivity index (χ0) is 23.3. The second kappa shape index (κ2) is 14.3. The van der Waals surface area contributed by atoms with Gasteiger partial charge >= 0.3 is 18.0 Å². The number of carbonyl (C=O) groups excluding carboxylic acids is 3. The summed E-state index contributed by atoms with van der Waals surface area (Å²) in [5.74, 6) is 0.302. The maximum Gasteiger partial charge on any atom is 0.410 e. The van der Waals surface area contributed by atoms with Gasteiger partial charge in [-0.3, -0.25) is 4.79 Å². The Balaban J connectivity index is 1.58. The number of ether oxygens (including phenoxy) is 3. The third-order valence-electron chi connectivity index (χ3n) is 5.14. The lowest BCUT2D eigenvalue weighted by atomic mass is 10.1. The third kappa shape index (κ3) is 10.2. The van der Waals surface area contributed by atoms with Gasteiger partial charge in [0.05, 0.1) is 12.2 Å². The van der Waals surface area contributed by atoms with Crippen LogP contribution in [-0.2, 0) is 19.0 Å². The number of hydrogen-bond acceptors (Lipinski definition) is 8. The fourth-order valence-electron chi connectivity index (χ4n) is 3.00. The van der Waals surface area contributed by atoms with Gasteiger partial charge in [0.2, 0.25) is 6.29 Å². The minimum atomic E-state index is -0.970. The number of carbonyl (C=O) groups is 3. The first kappa shape index (κ1) is 26.4. The maximum absolute atomic E-state index is 12.1. The molecule has 1 saturated heterocycles. The van der Waals surface area contributed by atoms with Crippen LogP contribution in [0.2, 0.25) is 0 Å². The highest BCUT2D eigenvalue weighted by atomic mass is 33.1. The molecule has 1 aromatic carbocycles. The largest absolute Gasteiger partial charge is 0.462 e. The van der Waals surface area contributed by atoms with Crippen LogP contribution in [0.4, 0.5) is 4.79 Å². The predicted molar refractivity (Wildman–Crippen MR) is 127 cm³/mol. The molecule has 0 spiro atoms. The van der Waals surface area contributed by atoms with Crippen molar-refractivity contribution in [3.63, 3.8) is 0 Å². The van der Waals surface area contributed by atoms with Crippen LogP contribution in [0.15, 0.2) is 30.3 Å². The Kier molecular flexibility index (Phi) is 11.8. The summed E-state index contributed by atoms with van der Waals surface area (Å²) in [4.78, 5) is 36.0. The van der Waals surface area contributed by atoms with Gasteiger partial charge in [0, 0.05) is 36.3 Å². The van der Waals surface area contributed by atoms with E-state index < -0.39 is 18.4 Å². The number of nitrogens with one attached hydrogen (secondary N) is 1. The second-order valence-electron chi connectivity index (χ2n) is 7.91. The predicted octanol–water partition coefficient (Wildman–Crippen LogP) is 5.20. The summed E-state index contributed by atoms with van der Waals surface area (Å²) < 4.78 is 15.6. The first-order valence-electron chi connectivity index (χ1n) is 11.0. The molecule has 0 saturated carbocycles. The van der Waals surface area contributed by atoms with Crippen molar-refractivity contribution in [2.75, 3.05) is 12.4 Å². The standard InChI is InChI=1S/C23H33NO6S2/c1-16(15-28-22(26)19-9-5-4-6-10-19)17(2)24-23(27)30-18(3)29-21(25)12-8-7-11-20-13-14-31-32-20/h4-6,9-10,16-18,20H,7-8,11-15H2,1-3H3,(H,24,27). The minimum Gasteiger partial charge on any atom is -0.462 e. The lowest BCUT2D eigenvalue weighted by Crippen LogP contribution is -2.40. The van der Waals surface area contributed by atoms with Crippen LogP contribution in [0.5, 0.6) is 0 Å². The molecule has 32 heavy (non-hydrogen) atoms. The summed E-state index contributed by atoms with van der Waals surface area (Å²) in [6.45, 7) is 5.31. The van der Waals surface area contributed by atoms with Crippen molar-refractivity contribution in [3.05, 3.63) is 35.9 Å². The number of unbranched alkanes of at least 4 members (excludes halogenated alkanes) is 1. The van der Waals surface area contributed by atoms with E-state index in [1.165, 1.54) is 19.1 Å². The number of alkyl carbamates (subject to hydrolysis) is 1. The average Bonchev–Trinajstić information content (AvgIpc) is 3.28. The zero-order valence-electron chi connectivity index (χ0n) is 18.9. The summed E-state index contributed by atoms with van der Waals surface area (Å²) in [5.41, 5.74) is 0.479. The van der Waals surface area contributed by atoms with Crippen molar-refractivity contribution in [1.29, 1.82) is 0 Å². The van der Waals surface area contributed by atoms with Crippen molar-refractivity contribution in [2.45, 2.75) is 70.5 Å². The van der Waals surface area contributed by atoms with E-state index in [4.69, 9.17) is 14.2 Å². The van der Waals surface area contributed by atoms with Gasteiger partial charge in [0.1, 0.15) is 0 Å². The van der Waals surface area contributed by atoms with E-state index in [0.29, 0.717) is 17.2 Å². The SMILES string of the molecule is CC(OC(=O)CCCCC1CCSS1)OC(=O)NC(C)C(C)COC(=O)c1ccccc1. The van der Waals surface area contributed by atoms with E-state index in [9.17, 15) is 14.4 Å². The quantitative estimate of drug-likeness (QED) is 0.188. The molecular weight excluding hydrogens is 450 g/mol. The van der Waals surface area contributed by atoms with Gasteiger partial charge < -0.3 is 19.5 Å². The molecule has 7 nitrogen and oxygen atoms in total. The molecule has 4 unspecified atom stereocenters. The molecule has 1 heterocycles. The molecule has 0 aromatic heterocycles. The molecule has 9 heteroatoms. The topological polar surface area (TPSA) is 90.9 Å². The van der Waals surface area contributed by atoms with Crippen LogP contribution in [0, 0.1) is 5.92 Å². The third-order valence-corrected chi connectivity index (χ3v) is 8.15. The molecule has 2 rings (SSSR count). The van der Waals surface area contributed by atoms with Crippen molar-refractivity contribution < 1.29 is 28.6 Å². The molecule has 0 bridgehead atoms. The van der Waals surface area contributed by atoms with Gasteiger partial charge in [-0.25, -0.2) is 9.59 Å². The zero-order valence-corrected chi connectivity index (χ0v) is 20.5. The van der Waals surface area contributed by atoms with Crippen LogP contribution in [0.1, 0.15) is 63.2 Å². The number of esters is 2. The molecular formula is C23H33NO6S2. The lowest BCUT2D eigenvalue weighted by molar-refractivity contribution is -0.165. The molecule has 1 amide bonds. The summed E-state index contributed by atoms with van der Waals surface area (Å²) >= 11 is 0. The van der Waals surface area contributed by atoms with Crippen LogP contribution in [0.25, 0.3) is 0 Å². The molecule has 178 valence electrons. The average molecular weight is 484 g/mol. The maximum atomic E-state index is 12.1. The van der Waals surface area contributed by atoms with Gasteiger partial charge in [-0.1, -0.05) is 53.1 Å². The second-order valence-corrected chi connectivity index (χ2v) is 10.7. The van der Waals surface area contributed by atoms with Gasteiger partial charge in [0.15, 0.2) is 0 Å². The molecule has 1 N–H and O–H groups in total. The van der Waals surface area contributed by atoms with Gasteiger partial charge in [-0.15, -0.1) is 0 Å². The van der Waals surface area contributed by atoms with E-state index in [-0.39, 0.29) is 24.5 Å². The fourth-order valence-corrected chi connectivity index (χ4v) is 6.02. The number of rotatable bonds is 12. The molecule has 0 aliphatic carbocycles. The van der Waals surface area contributed by atoms with E-state index in [1.807, 2.05) is 34.6 Å². The Bertz CT molecular complexity index is 726. The molecule has 4 atom stereocenters.